The first kappa shape index (κ1) is 15.2. The van der Waals surface area contributed by atoms with Crippen LogP contribution in [0.2, 0.25) is 0 Å². The number of aromatic nitrogens is 2. The number of hydrogen-bond donors (Lipinski definition) is 1. The van der Waals surface area contributed by atoms with Crippen molar-refractivity contribution in [2.45, 2.75) is 31.6 Å². The minimum atomic E-state index is 0.146. The average molecular weight is 324 g/mol. The third-order valence-electron chi connectivity index (χ3n) is 5.26. The molecule has 5 nitrogen and oxygen atoms in total. The number of carbonyl (C=O) groups excluding carboxylic acids is 1. The standard InChI is InChI=1S/C19H24N4O/c24-19(15-5-7-17(8-6-15)22-11-1-2-12-22)23-13-3-4-16(14-23)18-9-10-20-21-18/h5-10,16H,1-4,11-14H2,(H,20,21)/t16-/m1/s1. The fraction of sp³-hybridized carbons (Fsp3) is 0.474. The monoisotopic (exact) mass is 324 g/mol. The lowest BCUT2D eigenvalue weighted by atomic mass is 9.94. The summed E-state index contributed by atoms with van der Waals surface area (Å²) in [6.45, 7) is 3.88. The molecule has 2 aromatic rings. The number of rotatable bonds is 3. The van der Waals surface area contributed by atoms with Gasteiger partial charge >= 0.3 is 0 Å². The van der Waals surface area contributed by atoms with Crippen LogP contribution in [0.25, 0.3) is 0 Å². The van der Waals surface area contributed by atoms with Crippen molar-refractivity contribution < 1.29 is 4.79 Å². The molecule has 0 spiro atoms. The number of benzene rings is 1. The van der Waals surface area contributed by atoms with Crippen LogP contribution in [0.15, 0.2) is 36.5 Å². The van der Waals surface area contributed by atoms with Crippen LogP contribution in [0.3, 0.4) is 0 Å². The van der Waals surface area contributed by atoms with Crippen molar-refractivity contribution in [3.05, 3.63) is 47.8 Å². The number of likely N-dealkylation sites (tertiary alicyclic amines) is 1. The summed E-state index contributed by atoms with van der Waals surface area (Å²) in [6.07, 6.45) is 6.47. The van der Waals surface area contributed by atoms with Crippen molar-refractivity contribution in [1.82, 2.24) is 15.1 Å². The molecule has 1 atom stereocenters. The highest BCUT2D eigenvalue weighted by Crippen LogP contribution is 2.27. The van der Waals surface area contributed by atoms with E-state index in [1.807, 2.05) is 23.1 Å². The van der Waals surface area contributed by atoms with E-state index in [1.165, 1.54) is 18.5 Å². The molecule has 4 rings (SSSR count). The smallest absolute Gasteiger partial charge is 0.253 e. The lowest BCUT2D eigenvalue weighted by Crippen LogP contribution is -2.39. The summed E-state index contributed by atoms with van der Waals surface area (Å²) in [5.74, 6) is 0.515. The van der Waals surface area contributed by atoms with Gasteiger partial charge in [0, 0.05) is 55.2 Å². The molecule has 2 aliphatic heterocycles. The maximum atomic E-state index is 12.8. The number of aromatic amines is 1. The number of amides is 1. The molecule has 1 aromatic heterocycles. The summed E-state index contributed by atoms with van der Waals surface area (Å²) in [4.78, 5) is 17.2. The minimum absolute atomic E-state index is 0.146. The molecule has 1 aromatic carbocycles. The Morgan fingerprint density at radius 3 is 2.54 bits per heavy atom. The SMILES string of the molecule is O=C(c1ccc(N2CCCC2)cc1)N1CCC[C@@H](c2ccn[nH]2)C1. The molecule has 2 fully saturated rings. The van der Waals surface area contributed by atoms with Gasteiger partial charge in [0.25, 0.3) is 5.91 Å². The van der Waals surface area contributed by atoms with E-state index in [-0.39, 0.29) is 5.91 Å². The molecule has 24 heavy (non-hydrogen) atoms. The average Bonchev–Trinajstić information content (AvgIpc) is 3.35. The molecule has 3 heterocycles. The quantitative estimate of drug-likeness (QED) is 0.944. The van der Waals surface area contributed by atoms with Gasteiger partial charge in [-0.2, -0.15) is 5.10 Å². The van der Waals surface area contributed by atoms with E-state index < -0.39 is 0 Å². The molecular formula is C19H24N4O. The van der Waals surface area contributed by atoms with Gasteiger partial charge in [0.1, 0.15) is 0 Å². The molecule has 0 saturated carbocycles. The summed E-state index contributed by atoms with van der Waals surface area (Å²) >= 11 is 0. The Morgan fingerprint density at radius 2 is 1.83 bits per heavy atom. The number of hydrogen-bond acceptors (Lipinski definition) is 3. The molecule has 1 N–H and O–H groups in total. The summed E-state index contributed by atoms with van der Waals surface area (Å²) in [5.41, 5.74) is 3.16. The van der Waals surface area contributed by atoms with E-state index >= 15 is 0 Å². The lowest BCUT2D eigenvalue weighted by Gasteiger charge is -2.32. The zero-order valence-corrected chi connectivity index (χ0v) is 13.9. The van der Waals surface area contributed by atoms with E-state index in [2.05, 4.69) is 27.2 Å². The molecule has 0 radical (unpaired) electrons. The van der Waals surface area contributed by atoms with Gasteiger partial charge in [-0.15, -0.1) is 0 Å². The largest absolute Gasteiger partial charge is 0.372 e. The Bertz CT molecular complexity index is 674. The lowest BCUT2D eigenvalue weighted by molar-refractivity contribution is 0.0706. The molecule has 0 unspecified atom stereocenters. The highest BCUT2D eigenvalue weighted by molar-refractivity contribution is 5.94. The Morgan fingerprint density at radius 1 is 1.04 bits per heavy atom. The first-order valence-electron chi connectivity index (χ1n) is 8.95. The van der Waals surface area contributed by atoms with Gasteiger partial charge < -0.3 is 9.80 Å². The molecular weight excluding hydrogens is 300 g/mol. The first-order valence-corrected chi connectivity index (χ1v) is 8.95. The second-order valence-corrected chi connectivity index (χ2v) is 6.84. The number of nitrogens with one attached hydrogen (secondary N) is 1. The first-order chi connectivity index (χ1) is 11.8. The van der Waals surface area contributed by atoms with Gasteiger partial charge in [-0.05, 0) is 56.0 Å². The zero-order valence-electron chi connectivity index (χ0n) is 13.9. The van der Waals surface area contributed by atoms with Crippen molar-refractivity contribution >= 4 is 11.6 Å². The predicted molar refractivity (Wildman–Crippen MR) is 94.4 cm³/mol. The number of H-pyrrole nitrogens is 1. The number of carbonyl (C=O) groups is 1. The normalized spacial score (nSPS) is 21.2. The van der Waals surface area contributed by atoms with Crippen LogP contribution in [0.1, 0.15) is 47.7 Å². The van der Waals surface area contributed by atoms with Crippen LogP contribution in [-0.4, -0.2) is 47.2 Å². The highest BCUT2D eigenvalue weighted by atomic mass is 16.2. The van der Waals surface area contributed by atoms with Crippen LogP contribution in [0.4, 0.5) is 5.69 Å². The maximum Gasteiger partial charge on any atom is 0.253 e. The van der Waals surface area contributed by atoms with Crippen molar-refractivity contribution in [2.75, 3.05) is 31.1 Å². The Labute approximate surface area is 142 Å². The van der Waals surface area contributed by atoms with Crippen LogP contribution in [0.5, 0.6) is 0 Å². The molecule has 2 aliphatic rings. The fourth-order valence-electron chi connectivity index (χ4n) is 3.88. The summed E-state index contributed by atoms with van der Waals surface area (Å²) < 4.78 is 0. The van der Waals surface area contributed by atoms with E-state index in [9.17, 15) is 4.79 Å². The van der Waals surface area contributed by atoms with Gasteiger partial charge in [0.05, 0.1) is 0 Å². The second-order valence-electron chi connectivity index (χ2n) is 6.84. The molecule has 2 saturated heterocycles. The summed E-state index contributed by atoms with van der Waals surface area (Å²) in [5, 5.41) is 7.09. The van der Waals surface area contributed by atoms with Crippen molar-refractivity contribution in [2.24, 2.45) is 0 Å². The highest BCUT2D eigenvalue weighted by Gasteiger charge is 2.26. The Balaban J connectivity index is 1.44. The van der Waals surface area contributed by atoms with Gasteiger partial charge in [-0.1, -0.05) is 0 Å². The van der Waals surface area contributed by atoms with Crippen LogP contribution < -0.4 is 4.90 Å². The molecule has 5 heteroatoms. The number of nitrogens with zero attached hydrogens (tertiary/aromatic N) is 3. The number of anilines is 1. The number of piperidine rings is 1. The third kappa shape index (κ3) is 3.03. The van der Waals surface area contributed by atoms with Gasteiger partial charge in [-0.25, -0.2) is 0 Å². The molecule has 126 valence electrons. The van der Waals surface area contributed by atoms with E-state index in [4.69, 9.17) is 0 Å². The molecule has 0 aliphatic carbocycles. The summed E-state index contributed by atoms with van der Waals surface area (Å²) in [6, 6.07) is 10.2. The second kappa shape index (κ2) is 6.67. The van der Waals surface area contributed by atoms with Gasteiger partial charge in [0.2, 0.25) is 0 Å². The van der Waals surface area contributed by atoms with Crippen LogP contribution >= 0.6 is 0 Å². The zero-order chi connectivity index (χ0) is 16.4. The van der Waals surface area contributed by atoms with Gasteiger partial charge in [-0.3, -0.25) is 9.89 Å². The third-order valence-corrected chi connectivity index (χ3v) is 5.26. The Hall–Kier alpha value is -2.30. The van der Waals surface area contributed by atoms with Crippen LogP contribution in [-0.2, 0) is 0 Å². The van der Waals surface area contributed by atoms with E-state index in [0.29, 0.717) is 5.92 Å². The molecule has 1 amide bonds. The minimum Gasteiger partial charge on any atom is -0.372 e. The summed E-state index contributed by atoms with van der Waals surface area (Å²) in [7, 11) is 0. The van der Waals surface area contributed by atoms with Crippen molar-refractivity contribution in [3.63, 3.8) is 0 Å². The Kier molecular flexibility index (Phi) is 4.24. The van der Waals surface area contributed by atoms with E-state index in [1.54, 1.807) is 6.20 Å². The molecule has 0 bridgehead atoms. The van der Waals surface area contributed by atoms with Gasteiger partial charge in [0.15, 0.2) is 0 Å². The van der Waals surface area contributed by atoms with E-state index in [0.717, 1.165) is 50.3 Å². The predicted octanol–water partition coefficient (Wildman–Crippen LogP) is 3.03. The fourth-order valence-corrected chi connectivity index (χ4v) is 3.88. The maximum absolute atomic E-state index is 12.8. The van der Waals surface area contributed by atoms with Crippen molar-refractivity contribution in [3.8, 4) is 0 Å². The van der Waals surface area contributed by atoms with Crippen LogP contribution in [0, 0.1) is 0 Å². The van der Waals surface area contributed by atoms with Crippen molar-refractivity contribution in [1.29, 1.82) is 0 Å². The topological polar surface area (TPSA) is 52.2 Å².